The molecule has 0 atom stereocenters. The number of carbonyl (C=O) groups excluding carboxylic acids is 2. The summed E-state index contributed by atoms with van der Waals surface area (Å²) in [6.07, 6.45) is 0.828. The number of rotatable bonds is 5. The van der Waals surface area contributed by atoms with Crippen molar-refractivity contribution in [3.05, 3.63) is 98.6 Å². The van der Waals surface area contributed by atoms with E-state index >= 15 is 0 Å². The van der Waals surface area contributed by atoms with Gasteiger partial charge in [-0.15, -0.1) is 0 Å². The van der Waals surface area contributed by atoms with Gasteiger partial charge in [0.05, 0.1) is 18.2 Å². The second kappa shape index (κ2) is 9.17. The first-order valence-corrected chi connectivity index (χ1v) is 10.3. The first-order chi connectivity index (χ1) is 14.7. The molecular weight excluding hydrogens is 388 g/mol. The minimum atomic E-state index is -0.508. The number of benzene rings is 3. The van der Waals surface area contributed by atoms with Crippen LogP contribution in [0.25, 0.3) is 0 Å². The fourth-order valence-corrected chi connectivity index (χ4v) is 3.62. The highest BCUT2D eigenvalue weighted by atomic mass is 16.5. The van der Waals surface area contributed by atoms with E-state index in [1.54, 1.807) is 18.2 Å². The van der Waals surface area contributed by atoms with Crippen LogP contribution in [0.4, 0.5) is 0 Å². The van der Waals surface area contributed by atoms with Crippen molar-refractivity contribution in [1.29, 1.82) is 0 Å². The lowest BCUT2D eigenvalue weighted by Gasteiger charge is -2.15. The van der Waals surface area contributed by atoms with Gasteiger partial charge in [0.25, 0.3) is 0 Å². The van der Waals surface area contributed by atoms with Crippen molar-refractivity contribution >= 4 is 11.9 Å². The average Bonchev–Trinajstić information content (AvgIpc) is 2.74. The van der Waals surface area contributed by atoms with Gasteiger partial charge in [0.1, 0.15) is 5.75 Å². The van der Waals surface area contributed by atoms with Crippen LogP contribution in [0.1, 0.15) is 59.7 Å². The van der Waals surface area contributed by atoms with E-state index in [9.17, 15) is 9.59 Å². The summed E-state index contributed by atoms with van der Waals surface area (Å²) in [7, 11) is 1.31. The molecule has 0 heterocycles. The van der Waals surface area contributed by atoms with Gasteiger partial charge in [-0.1, -0.05) is 24.3 Å². The van der Waals surface area contributed by atoms with E-state index in [1.165, 1.54) is 41.0 Å². The highest BCUT2D eigenvalue weighted by molar-refractivity contribution is 5.96. The summed E-state index contributed by atoms with van der Waals surface area (Å²) in [6, 6.07) is 14.8. The molecule has 4 heteroatoms. The molecule has 0 saturated carbocycles. The SMILES string of the molecule is COC(=O)c1cccc(C(=O)Oc2cc(C)c(Cc3cc(C)c(C)cc3C)cc2C)c1. The molecule has 3 aromatic rings. The van der Waals surface area contributed by atoms with Crippen molar-refractivity contribution in [3.8, 4) is 5.75 Å². The van der Waals surface area contributed by atoms with Crippen LogP contribution in [0.2, 0.25) is 0 Å². The van der Waals surface area contributed by atoms with Gasteiger partial charge in [-0.3, -0.25) is 0 Å². The third-order valence-corrected chi connectivity index (χ3v) is 5.69. The van der Waals surface area contributed by atoms with E-state index in [4.69, 9.17) is 9.47 Å². The molecule has 3 aromatic carbocycles. The lowest BCUT2D eigenvalue weighted by molar-refractivity contribution is 0.0600. The fraction of sp³-hybridized carbons (Fsp3) is 0.259. The average molecular weight is 417 g/mol. The standard InChI is InChI=1S/C27H28O4/c1-16-10-18(3)23(11-17(16)2)15-24-12-20(5)25(13-19(24)4)31-27(29)22-9-7-8-21(14-22)26(28)30-6/h7-14H,15H2,1-6H3. The van der Waals surface area contributed by atoms with Gasteiger partial charge in [0.2, 0.25) is 0 Å². The van der Waals surface area contributed by atoms with E-state index in [0.717, 1.165) is 17.5 Å². The number of hydrogen-bond acceptors (Lipinski definition) is 4. The molecule has 0 N–H and O–H groups in total. The predicted octanol–water partition coefficient (Wildman–Crippen LogP) is 5.83. The maximum absolute atomic E-state index is 12.7. The van der Waals surface area contributed by atoms with Gasteiger partial charge in [-0.25, -0.2) is 9.59 Å². The van der Waals surface area contributed by atoms with Gasteiger partial charge in [-0.05, 0) is 104 Å². The van der Waals surface area contributed by atoms with Crippen LogP contribution in [0.15, 0.2) is 48.5 Å². The van der Waals surface area contributed by atoms with Gasteiger partial charge < -0.3 is 9.47 Å². The highest BCUT2D eigenvalue weighted by Crippen LogP contribution is 2.27. The minimum absolute atomic E-state index is 0.301. The largest absolute Gasteiger partial charge is 0.465 e. The highest BCUT2D eigenvalue weighted by Gasteiger charge is 2.15. The topological polar surface area (TPSA) is 52.6 Å². The molecule has 0 saturated heterocycles. The quantitative estimate of drug-likeness (QED) is 0.388. The number of hydrogen-bond donors (Lipinski definition) is 0. The van der Waals surface area contributed by atoms with Crippen LogP contribution in [-0.4, -0.2) is 19.0 Å². The molecule has 0 fully saturated rings. The van der Waals surface area contributed by atoms with Crippen molar-refractivity contribution < 1.29 is 19.1 Å². The van der Waals surface area contributed by atoms with E-state index in [-0.39, 0.29) is 0 Å². The van der Waals surface area contributed by atoms with E-state index in [1.807, 2.05) is 19.9 Å². The Bertz CT molecular complexity index is 1160. The summed E-state index contributed by atoms with van der Waals surface area (Å²) >= 11 is 0. The molecule has 0 unspecified atom stereocenters. The molecule has 4 nitrogen and oxygen atoms in total. The third-order valence-electron chi connectivity index (χ3n) is 5.69. The Morgan fingerprint density at radius 3 is 1.87 bits per heavy atom. The number of carbonyl (C=O) groups is 2. The Morgan fingerprint density at radius 1 is 0.677 bits per heavy atom. The number of methoxy groups -OCH3 is 1. The molecule has 0 spiro atoms. The smallest absolute Gasteiger partial charge is 0.343 e. The zero-order valence-electron chi connectivity index (χ0n) is 19.0. The first kappa shape index (κ1) is 22.3. The predicted molar refractivity (Wildman–Crippen MR) is 122 cm³/mol. The molecule has 0 bridgehead atoms. The zero-order chi connectivity index (χ0) is 22.7. The van der Waals surface area contributed by atoms with Crippen LogP contribution >= 0.6 is 0 Å². The summed E-state index contributed by atoms with van der Waals surface area (Å²) in [6.45, 7) is 10.4. The Morgan fingerprint density at radius 2 is 1.23 bits per heavy atom. The maximum Gasteiger partial charge on any atom is 0.343 e. The van der Waals surface area contributed by atoms with Crippen LogP contribution in [0.3, 0.4) is 0 Å². The molecule has 0 amide bonds. The molecule has 0 aliphatic carbocycles. The number of esters is 2. The molecule has 0 aromatic heterocycles. The Kier molecular flexibility index (Phi) is 6.59. The van der Waals surface area contributed by atoms with Gasteiger partial charge in [-0.2, -0.15) is 0 Å². The molecule has 0 aliphatic rings. The van der Waals surface area contributed by atoms with Crippen LogP contribution in [0.5, 0.6) is 5.75 Å². The van der Waals surface area contributed by atoms with E-state index < -0.39 is 11.9 Å². The van der Waals surface area contributed by atoms with Gasteiger partial charge >= 0.3 is 11.9 Å². The van der Waals surface area contributed by atoms with Crippen molar-refractivity contribution in [2.45, 2.75) is 41.0 Å². The van der Waals surface area contributed by atoms with Crippen molar-refractivity contribution in [3.63, 3.8) is 0 Å². The van der Waals surface area contributed by atoms with Crippen LogP contribution < -0.4 is 4.74 Å². The van der Waals surface area contributed by atoms with Crippen LogP contribution in [0, 0.1) is 34.6 Å². The molecule has 160 valence electrons. The Hall–Kier alpha value is -3.40. The zero-order valence-corrected chi connectivity index (χ0v) is 19.0. The summed E-state index contributed by atoms with van der Waals surface area (Å²) < 4.78 is 10.4. The lowest BCUT2D eigenvalue weighted by atomic mass is 9.93. The molecule has 31 heavy (non-hydrogen) atoms. The van der Waals surface area contributed by atoms with Crippen molar-refractivity contribution in [2.75, 3.05) is 7.11 Å². The molecule has 3 rings (SSSR count). The Labute approximate surface area is 183 Å². The number of ether oxygens (including phenoxy) is 2. The second-order valence-corrected chi connectivity index (χ2v) is 8.05. The summed E-state index contributed by atoms with van der Waals surface area (Å²) in [4.78, 5) is 24.4. The monoisotopic (exact) mass is 416 g/mol. The summed E-state index contributed by atoms with van der Waals surface area (Å²) in [5.41, 5.74) is 8.93. The second-order valence-electron chi connectivity index (χ2n) is 8.05. The van der Waals surface area contributed by atoms with E-state index in [0.29, 0.717) is 16.9 Å². The molecule has 0 aliphatic heterocycles. The van der Waals surface area contributed by atoms with Crippen molar-refractivity contribution in [1.82, 2.24) is 0 Å². The summed E-state index contributed by atoms with van der Waals surface area (Å²) in [5.74, 6) is -0.481. The van der Waals surface area contributed by atoms with Gasteiger partial charge in [0, 0.05) is 0 Å². The normalized spacial score (nSPS) is 10.6. The maximum atomic E-state index is 12.7. The third kappa shape index (κ3) is 5.02. The van der Waals surface area contributed by atoms with Crippen molar-refractivity contribution in [2.24, 2.45) is 0 Å². The molecule has 0 radical (unpaired) electrons. The van der Waals surface area contributed by atoms with Gasteiger partial charge in [0.15, 0.2) is 0 Å². The summed E-state index contributed by atoms with van der Waals surface area (Å²) in [5, 5.41) is 0. The first-order valence-electron chi connectivity index (χ1n) is 10.3. The Balaban J connectivity index is 1.83. The fourth-order valence-electron chi connectivity index (χ4n) is 3.62. The lowest BCUT2D eigenvalue weighted by Crippen LogP contribution is -2.11. The minimum Gasteiger partial charge on any atom is -0.465 e. The van der Waals surface area contributed by atoms with E-state index in [2.05, 4.69) is 39.0 Å². The number of aryl methyl sites for hydroxylation is 5. The van der Waals surface area contributed by atoms with Crippen LogP contribution in [-0.2, 0) is 11.2 Å². The molecular formula is C27H28O4.